The van der Waals surface area contributed by atoms with Crippen LogP contribution in [0.5, 0.6) is 0 Å². The molecule has 0 aliphatic carbocycles. The topological polar surface area (TPSA) is 70.8 Å². The molecule has 3 aromatic carbocycles. The summed E-state index contributed by atoms with van der Waals surface area (Å²) in [6, 6.07) is 17.7. The number of unbranched alkanes of at least 4 members (excludes halogenated alkanes) is 1. The fraction of sp³-hybridized carbons (Fsp3) is 0.207. The van der Waals surface area contributed by atoms with E-state index in [4.69, 9.17) is 16.0 Å². The van der Waals surface area contributed by atoms with Crippen molar-refractivity contribution in [1.82, 2.24) is 4.90 Å². The first kappa shape index (κ1) is 23.4. The molecule has 37 heavy (non-hydrogen) atoms. The Balaban J connectivity index is 1.64. The van der Waals surface area contributed by atoms with Gasteiger partial charge in [0.05, 0.1) is 23.2 Å². The Morgan fingerprint density at radius 1 is 1.00 bits per heavy atom. The average molecular weight is 517 g/mol. The fourth-order valence-corrected chi connectivity index (χ4v) is 5.68. The number of amides is 2. The molecule has 1 unspecified atom stereocenters. The van der Waals surface area contributed by atoms with E-state index in [1.807, 2.05) is 6.92 Å². The highest BCUT2D eigenvalue weighted by Crippen LogP contribution is 2.53. The minimum atomic E-state index is -1.67. The van der Waals surface area contributed by atoms with E-state index in [0.717, 1.165) is 6.42 Å². The van der Waals surface area contributed by atoms with Gasteiger partial charge in [-0.15, -0.1) is 0 Å². The van der Waals surface area contributed by atoms with E-state index in [1.165, 1.54) is 23.1 Å². The molecule has 2 aliphatic rings. The number of para-hydroxylation sites is 1. The molecule has 1 atom stereocenters. The van der Waals surface area contributed by atoms with Crippen molar-refractivity contribution in [3.05, 3.63) is 110 Å². The Kier molecular flexibility index (Phi) is 5.42. The van der Waals surface area contributed by atoms with Crippen LogP contribution < -0.4 is 10.3 Å². The zero-order valence-electron chi connectivity index (χ0n) is 20.0. The maximum absolute atomic E-state index is 14.5. The number of rotatable bonds is 5. The van der Waals surface area contributed by atoms with E-state index in [0.29, 0.717) is 28.3 Å². The lowest BCUT2D eigenvalue weighted by molar-refractivity contribution is -0.126. The number of hydrogen-bond acceptors (Lipinski definition) is 4. The first-order valence-electron chi connectivity index (χ1n) is 12.1. The van der Waals surface area contributed by atoms with Gasteiger partial charge in [0.2, 0.25) is 5.76 Å². The Labute approximate surface area is 216 Å². The van der Waals surface area contributed by atoms with Gasteiger partial charge in [-0.1, -0.05) is 55.3 Å². The molecule has 8 heteroatoms. The molecule has 2 amide bonds. The summed E-state index contributed by atoms with van der Waals surface area (Å²) >= 11 is 6.19. The van der Waals surface area contributed by atoms with Gasteiger partial charge in [0.25, 0.3) is 11.8 Å². The number of nitrogens with zero attached hydrogens (tertiary/aromatic N) is 2. The van der Waals surface area contributed by atoms with Crippen LogP contribution in [0.1, 0.15) is 47.0 Å². The molecule has 0 radical (unpaired) electrons. The number of carbonyl (C=O) groups excluding carboxylic acids is 2. The number of benzene rings is 3. The molecule has 6 nitrogen and oxygen atoms in total. The number of hydrogen-bond donors (Lipinski definition) is 0. The summed E-state index contributed by atoms with van der Waals surface area (Å²) < 4.78 is 19.6. The molecule has 1 spiro atoms. The Hall–Kier alpha value is -3.97. The quantitative estimate of drug-likeness (QED) is 0.344. The molecule has 0 saturated carbocycles. The third-order valence-corrected chi connectivity index (χ3v) is 7.42. The number of anilines is 1. The average Bonchev–Trinajstić information content (AvgIpc) is 3.29. The van der Waals surface area contributed by atoms with Crippen molar-refractivity contribution in [2.75, 3.05) is 11.4 Å². The van der Waals surface area contributed by atoms with E-state index < -0.39 is 22.8 Å². The molecular weight excluding hydrogens is 495 g/mol. The first-order valence-corrected chi connectivity index (χ1v) is 12.5. The van der Waals surface area contributed by atoms with E-state index in [9.17, 15) is 18.8 Å². The summed E-state index contributed by atoms with van der Waals surface area (Å²) in [7, 11) is 0. The summed E-state index contributed by atoms with van der Waals surface area (Å²) in [4.78, 5) is 45.5. The van der Waals surface area contributed by atoms with Gasteiger partial charge in [-0.2, -0.15) is 0 Å². The summed E-state index contributed by atoms with van der Waals surface area (Å²) in [5, 5.41) is 0.551. The van der Waals surface area contributed by atoms with Crippen molar-refractivity contribution in [3.8, 4) is 0 Å². The predicted molar refractivity (Wildman–Crippen MR) is 138 cm³/mol. The Morgan fingerprint density at radius 2 is 1.76 bits per heavy atom. The normalized spacial score (nSPS) is 18.2. The summed E-state index contributed by atoms with van der Waals surface area (Å²) in [6.45, 7) is 2.40. The van der Waals surface area contributed by atoms with Crippen LogP contribution in [0, 0.1) is 5.82 Å². The largest absolute Gasteiger partial charge is 0.450 e. The molecule has 4 aromatic rings. The monoisotopic (exact) mass is 516 g/mol. The van der Waals surface area contributed by atoms with E-state index in [2.05, 4.69) is 0 Å². The van der Waals surface area contributed by atoms with Crippen LogP contribution in [0.4, 0.5) is 10.1 Å². The predicted octanol–water partition coefficient (Wildman–Crippen LogP) is 5.63. The molecule has 1 aromatic heterocycles. The molecule has 0 bridgehead atoms. The van der Waals surface area contributed by atoms with Gasteiger partial charge in [0, 0.05) is 17.1 Å². The Bertz CT molecular complexity index is 1650. The highest BCUT2D eigenvalue weighted by Gasteiger charge is 2.64. The van der Waals surface area contributed by atoms with Gasteiger partial charge in [-0.25, -0.2) is 4.39 Å². The number of fused-ring (bicyclic) bond motifs is 5. The van der Waals surface area contributed by atoms with Gasteiger partial charge in [-0.05, 0) is 48.4 Å². The minimum absolute atomic E-state index is 0.0161. The van der Waals surface area contributed by atoms with Crippen LogP contribution >= 0.6 is 11.6 Å². The van der Waals surface area contributed by atoms with Crippen molar-refractivity contribution in [3.63, 3.8) is 0 Å². The van der Waals surface area contributed by atoms with Crippen molar-refractivity contribution < 1.29 is 18.4 Å². The van der Waals surface area contributed by atoms with Gasteiger partial charge < -0.3 is 14.2 Å². The third-order valence-electron chi connectivity index (χ3n) is 7.19. The summed E-state index contributed by atoms with van der Waals surface area (Å²) in [5.74, 6) is -1.42. The van der Waals surface area contributed by atoms with E-state index in [-0.39, 0.29) is 41.2 Å². The summed E-state index contributed by atoms with van der Waals surface area (Å²) in [5.41, 5.74) is -0.0432. The fourth-order valence-electron chi connectivity index (χ4n) is 5.51. The highest BCUT2D eigenvalue weighted by atomic mass is 35.5. The maximum atomic E-state index is 14.5. The molecule has 0 N–H and O–H groups in total. The van der Waals surface area contributed by atoms with Crippen LogP contribution in [-0.2, 0) is 16.9 Å². The van der Waals surface area contributed by atoms with Crippen LogP contribution in [0.25, 0.3) is 11.0 Å². The second-order valence-corrected chi connectivity index (χ2v) is 9.77. The van der Waals surface area contributed by atoms with E-state index >= 15 is 0 Å². The SMILES string of the molecule is CCCCN1C(=O)c2oc3ccc(Cl)cc3c(=O)c2C12C(=O)N(Cc1ccc(F)cc1)c1ccccc12. The van der Waals surface area contributed by atoms with Gasteiger partial charge in [-0.3, -0.25) is 14.4 Å². The zero-order chi connectivity index (χ0) is 25.9. The third kappa shape index (κ3) is 3.27. The lowest BCUT2D eigenvalue weighted by Crippen LogP contribution is -2.53. The molecule has 0 fully saturated rings. The van der Waals surface area contributed by atoms with Crippen molar-refractivity contribution >= 4 is 40.1 Å². The standard InChI is InChI=1S/C29H22ClFN2O4/c1-2-3-14-33-27(35)26-24(25(34)20-15-18(30)10-13-23(20)37-26)29(33)21-6-4-5-7-22(21)32(28(29)36)16-17-8-11-19(31)12-9-17/h4-13,15H,2-3,14,16H2,1H3. The Morgan fingerprint density at radius 3 is 2.51 bits per heavy atom. The lowest BCUT2D eigenvalue weighted by Gasteiger charge is -2.34. The van der Waals surface area contributed by atoms with Crippen molar-refractivity contribution in [2.24, 2.45) is 0 Å². The van der Waals surface area contributed by atoms with Gasteiger partial charge >= 0.3 is 0 Å². The van der Waals surface area contributed by atoms with Gasteiger partial charge in [0.15, 0.2) is 11.0 Å². The van der Waals surface area contributed by atoms with E-state index in [1.54, 1.807) is 53.4 Å². The first-order chi connectivity index (χ1) is 17.9. The lowest BCUT2D eigenvalue weighted by atomic mass is 9.84. The van der Waals surface area contributed by atoms with Crippen LogP contribution in [0.3, 0.4) is 0 Å². The van der Waals surface area contributed by atoms with Crippen LogP contribution in [0.2, 0.25) is 5.02 Å². The molecule has 2 aliphatic heterocycles. The van der Waals surface area contributed by atoms with Crippen LogP contribution in [-0.4, -0.2) is 23.3 Å². The van der Waals surface area contributed by atoms with Gasteiger partial charge in [0.1, 0.15) is 11.4 Å². The molecule has 6 rings (SSSR count). The molecule has 3 heterocycles. The smallest absolute Gasteiger partial charge is 0.291 e. The van der Waals surface area contributed by atoms with Crippen LogP contribution in [0.15, 0.2) is 75.9 Å². The molecule has 0 saturated heterocycles. The minimum Gasteiger partial charge on any atom is -0.450 e. The number of carbonyl (C=O) groups is 2. The maximum Gasteiger partial charge on any atom is 0.291 e. The highest BCUT2D eigenvalue weighted by molar-refractivity contribution is 6.31. The second kappa shape index (κ2) is 8.56. The number of halogens is 2. The van der Waals surface area contributed by atoms with Crippen molar-refractivity contribution in [1.29, 1.82) is 0 Å². The van der Waals surface area contributed by atoms with Crippen molar-refractivity contribution in [2.45, 2.75) is 31.8 Å². The molecule has 186 valence electrons. The molecular formula is C29H22ClFN2O4. The zero-order valence-corrected chi connectivity index (χ0v) is 20.7. The summed E-state index contributed by atoms with van der Waals surface area (Å²) in [6.07, 6.45) is 1.42. The second-order valence-electron chi connectivity index (χ2n) is 9.33.